The molecule has 1 saturated heterocycles. The van der Waals surface area contributed by atoms with Gasteiger partial charge in [-0.05, 0) is 39.2 Å². The van der Waals surface area contributed by atoms with Gasteiger partial charge in [0.25, 0.3) is 0 Å². The number of carbonyl (C=O) groups excluding carboxylic acids is 1. The Hall–Kier alpha value is -2.57. The van der Waals surface area contributed by atoms with Crippen LogP contribution in [0.4, 0.5) is 10.1 Å². The lowest BCUT2D eigenvalue weighted by Gasteiger charge is -2.16. The van der Waals surface area contributed by atoms with Crippen LogP contribution in [0.2, 0.25) is 0 Å². The summed E-state index contributed by atoms with van der Waals surface area (Å²) in [5, 5.41) is 0. The van der Waals surface area contributed by atoms with Crippen LogP contribution in [0.25, 0.3) is 0 Å². The molecule has 26 heavy (non-hydrogen) atoms. The summed E-state index contributed by atoms with van der Waals surface area (Å²) in [5.74, 6) is 1.06. The van der Waals surface area contributed by atoms with Gasteiger partial charge in [-0.1, -0.05) is 6.07 Å². The first kappa shape index (κ1) is 18.2. The summed E-state index contributed by atoms with van der Waals surface area (Å²) < 4.78 is 18.8. The van der Waals surface area contributed by atoms with Gasteiger partial charge in [0.15, 0.2) is 0 Å². The maximum atomic E-state index is 13.5. The van der Waals surface area contributed by atoms with E-state index < -0.39 is 5.67 Å². The molecule has 1 unspecified atom stereocenters. The van der Waals surface area contributed by atoms with Gasteiger partial charge in [0, 0.05) is 24.7 Å². The molecule has 1 aliphatic rings. The van der Waals surface area contributed by atoms with Crippen molar-refractivity contribution in [3.8, 4) is 5.88 Å². The number of amides is 1. The molecule has 0 radical (unpaired) electrons. The van der Waals surface area contributed by atoms with Crippen LogP contribution < -0.4 is 9.64 Å². The highest BCUT2D eigenvalue weighted by molar-refractivity contribution is 5.97. The van der Waals surface area contributed by atoms with Crippen LogP contribution in [0.1, 0.15) is 31.7 Å². The van der Waals surface area contributed by atoms with E-state index in [-0.39, 0.29) is 18.4 Å². The topological polar surface area (TPSA) is 68.2 Å². The van der Waals surface area contributed by atoms with Crippen molar-refractivity contribution in [3.63, 3.8) is 0 Å². The van der Waals surface area contributed by atoms with Crippen molar-refractivity contribution in [1.29, 1.82) is 0 Å². The van der Waals surface area contributed by atoms with E-state index in [1.54, 1.807) is 29.6 Å². The lowest BCUT2D eigenvalue weighted by Crippen LogP contribution is -2.28. The molecule has 3 rings (SSSR count). The van der Waals surface area contributed by atoms with E-state index in [9.17, 15) is 9.18 Å². The Balaban J connectivity index is 1.59. The van der Waals surface area contributed by atoms with Crippen molar-refractivity contribution in [3.05, 3.63) is 42.1 Å². The predicted octanol–water partition coefficient (Wildman–Crippen LogP) is 2.90. The van der Waals surface area contributed by atoms with Crippen LogP contribution in [0, 0.1) is 12.8 Å². The SMILES string of the molecule is Cc1ncc(N2CCC(Cc3ccc(OCC(C)(C)F)nc3)C2=O)cn1. The van der Waals surface area contributed by atoms with E-state index in [1.165, 1.54) is 13.8 Å². The minimum absolute atomic E-state index is 0.0476. The Labute approximate surface area is 152 Å². The molecule has 0 aromatic carbocycles. The first-order valence-electron chi connectivity index (χ1n) is 8.68. The van der Waals surface area contributed by atoms with Gasteiger partial charge >= 0.3 is 0 Å². The quantitative estimate of drug-likeness (QED) is 0.794. The second-order valence-electron chi connectivity index (χ2n) is 7.18. The molecule has 0 N–H and O–H groups in total. The maximum Gasteiger partial charge on any atom is 0.230 e. The number of hydrogen-bond donors (Lipinski definition) is 0. The highest BCUT2D eigenvalue weighted by Gasteiger charge is 2.32. The molecular weight excluding hydrogens is 335 g/mol. The zero-order valence-corrected chi connectivity index (χ0v) is 15.3. The maximum absolute atomic E-state index is 13.5. The Kier molecular flexibility index (Phi) is 5.15. The molecule has 1 aliphatic heterocycles. The van der Waals surface area contributed by atoms with Crippen molar-refractivity contribution in [2.24, 2.45) is 5.92 Å². The van der Waals surface area contributed by atoms with Crippen molar-refractivity contribution >= 4 is 11.6 Å². The molecule has 3 heterocycles. The average Bonchev–Trinajstić information content (AvgIpc) is 2.95. The minimum atomic E-state index is -1.40. The lowest BCUT2D eigenvalue weighted by atomic mass is 9.99. The molecule has 2 aromatic rings. The normalized spacial score (nSPS) is 17.6. The largest absolute Gasteiger partial charge is 0.474 e. The van der Waals surface area contributed by atoms with Gasteiger partial charge < -0.3 is 9.64 Å². The number of aryl methyl sites for hydroxylation is 1. The lowest BCUT2D eigenvalue weighted by molar-refractivity contribution is -0.120. The summed E-state index contributed by atoms with van der Waals surface area (Å²) >= 11 is 0. The Bertz CT molecular complexity index is 757. The van der Waals surface area contributed by atoms with Crippen LogP contribution in [-0.2, 0) is 11.2 Å². The molecule has 0 aliphatic carbocycles. The zero-order chi connectivity index (χ0) is 18.7. The van der Waals surface area contributed by atoms with Crippen LogP contribution in [-0.4, -0.2) is 39.7 Å². The second kappa shape index (κ2) is 7.35. The number of rotatable bonds is 6. The molecule has 2 aromatic heterocycles. The number of nitrogens with zero attached hydrogens (tertiary/aromatic N) is 4. The first-order valence-corrected chi connectivity index (χ1v) is 8.68. The highest BCUT2D eigenvalue weighted by Crippen LogP contribution is 2.27. The molecule has 0 bridgehead atoms. The second-order valence-corrected chi connectivity index (χ2v) is 7.18. The molecule has 1 amide bonds. The van der Waals surface area contributed by atoms with Gasteiger partial charge in [-0.15, -0.1) is 0 Å². The summed E-state index contributed by atoms with van der Waals surface area (Å²) in [5.41, 5.74) is 0.288. The smallest absolute Gasteiger partial charge is 0.230 e. The van der Waals surface area contributed by atoms with Gasteiger partial charge in [-0.3, -0.25) is 4.79 Å². The molecule has 0 spiro atoms. The molecule has 1 fully saturated rings. The number of aromatic nitrogens is 3. The molecule has 6 nitrogen and oxygen atoms in total. The van der Waals surface area contributed by atoms with Crippen molar-refractivity contribution in [2.45, 2.75) is 39.3 Å². The highest BCUT2D eigenvalue weighted by atomic mass is 19.1. The first-order chi connectivity index (χ1) is 12.3. The van der Waals surface area contributed by atoms with E-state index in [2.05, 4.69) is 15.0 Å². The Morgan fingerprint density at radius 1 is 1.23 bits per heavy atom. The Morgan fingerprint density at radius 3 is 2.58 bits per heavy atom. The summed E-state index contributed by atoms with van der Waals surface area (Å²) in [6.07, 6.45) is 6.45. The van der Waals surface area contributed by atoms with Crippen molar-refractivity contribution in [2.75, 3.05) is 18.1 Å². The number of halogens is 1. The van der Waals surface area contributed by atoms with E-state index in [1.807, 2.05) is 13.0 Å². The third-order valence-electron chi connectivity index (χ3n) is 4.24. The summed E-state index contributed by atoms with van der Waals surface area (Å²) in [4.78, 5) is 26.9. The van der Waals surface area contributed by atoms with Crippen LogP contribution >= 0.6 is 0 Å². The third kappa shape index (κ3) is 4.53. The molecule has 138 valence electrons. The average molecular weight is 358 g/mol. The van der Waals surface area contributed by atoms with Crippen LogP contribution in [0.5, 0.6) is 5.88 Å². The zero-order valence-electron chi connectivity index (χ0n) is 15.3. The number of pyridine rings is 1. The minimum Gasteiger partial charge on any atom is -0.474 e. The predicted molar refractivity (Wildman–Crippen MR) is 95.9 cm³/mol. The van der Waals surface area contributed by atoms with Gasteiger partial charge in [0.05, 0.1) is 18.1 Å². The molecule has 7 heteroatoms. The fraction of sp³-hybridized carbons (Fsp3) is 0.474. The van der Waals surface area contributed by atoms with E-state index in [0.29, 0.717) is 24.7 Å². The van der Waals surface area contributed by atoms with Gasteiger partial charge in [0.1, 0.15) is 18.1 Å². The van der Waals surface area contributed by atoms with Gasteiger partial charge in [0.2, 0.25) is 11.8 Å². The van der Waals surface area contributed by atoms with Crippen molar-refractivity contribution in [1.82, 2.24) is 15.0 Å². The fourth-order valence-corrected chi connectivity index (χ4v) is 2.86. The Morgan fingerprint density at radius 2 is 1.96 bits per heavy atom. The number of anilines is 1. The number of ether oxygens (including phenoxy) is 1. The standard InChI is InChI=1S/C19H23FN4O2/c1-13-21-10-16(11-22-13)24-7-6-15(18(24)25)8-14-4-5-17(23-9-14)26-12-19(2,3)20/h4-5,9-11,15H,6-8,12H2,1-3H3. The number of hydrogen-bond acceptors (Lipinski definition) is 5. The molecule has 1 atom stereocenters. The molecule has 0 saturated carbocycles. The van der Waals surface area contributed by atoms with Crippen molar-refractivity contribution < 1.29 is 13.9 Å². The van der Waals surface area contributed by atoms with E-state index >= 15 is 0 Å². The summed E-state index contributed by atoms with van der Waals surface area (Å²) in [6, 6.07) is 3.59. The van der Waals surface area contributed by atoms with Crippen LogP contribution in [0.3, 0.4) is 0 Å². The third-order valence-corrected chi connectivity index (χ3v) is 4.24. The fourth-order valence-electron chi connectivity index (χ4n) is 2.86. The van der Waals surface area contributed by atoms with Gasteiger partial charge in [-0.2, -0.15) is 0 Å². The van der Waals surface area contributed by atoms with E-state index in [0.717, 1.165) is 17.7 Å². The van der Waals surface area contributed by atoms with Gasteiger partial charge in [-0.25, -0.2) is 19.3 Å². The number of carbonyl (C=O) groups is 1. The number of alkyl halides is 1. The summed E-state index contributed by atoms with van der Waals surface area (Å²) in [6.45, 7) is 5.34. The summed E-state index contributed by atoms with van der Waals surface area (Å²) in [7, 11) is 0. The van der Waals surface area contributed by atoms with Crippen LogP contribution in [0.15, 0.2) is 30.7 Å². The molecular formula is C19H23FN4O2. The monoisotopic (exact) mass is 358 g/mol. The van der Waals surface area contributed by atoms with E-state index in [4.69, 9.17) is 4.74 Å².